The first-order chi connectivity index (χ1) is 7.49. The maximum Gasteiger partial charge on any atom is 0.257 e. The van der Waals surface area contributed by atoms with Crippen molar-refractivity contribution in [2.45, 2.75) is 26.8 Å². The molecule has 3 nitrogen and oxygen atoms in total. The maximum absolute atomic E-state index is 12.3. The van der Waals surface area contributed by atoms with Gasteiger partial charge in [-0.1, -0.05) is 5.46 Å². The molecule has 0 bridgehead atoms. The summed E-state index contributed by atoms with van der Waals surface area (Å²) in [5, 5.41) is 4.03. The molecule has 2 aromatic heterocycles. The van der Waals surface area contributed by atoms with Crippen LogP contribution in [0.3, 0.4) is 0 Å². The van der Waals surface area contributed by atoms with Gasteiger partial charge in [0.2, 0.25) is 0 Å². The van der Waals surface area contributed by atoms with Crippen LogP contribution in [0.1, 0.15) is 11.4 Å². The van der Waals surface area contributed by atoms with Crippen LogP contribution in [-0.2, 0) is 6.54 Å². The topological polar surface area (TPSA) is 30.7 Å². The monoisotopic (exact) mass is 221 g/mol. The number of hydrogen-bond donors (Lipinski definition) is 0. The Labute approximate surface area is 92.9 Å². The van der Waals surface area contributed by atoms with Crippen LogP contribution >= 0.6 is 0 Å². The molecule has 0 aromatic carbocycles. The predicted molar refractivity (Wildman–Crippen MR) is 58.4 cm³/mol. The van der Waals surface area contributed by atoms with E-state index in [0.717, 1.165) is 5.69 Å². The molecule has 6 heteroatoms. The van der Waals surface area contributed by atoms with Gasteiger partial charge in [-0.15, -0.1) is 0 Å². The second kappa shape index (κ2) is 3.85. The average Bonchev–Trinajstić information content (AvgIpc) is 2.42. The van der Waals surface area contributed by atoms with Crippen molar-refractivity contribution < 1.29 is 8.78 Å². The van der Waals surface area contributed by atoms with Gasteiger partial charge in [0.05, 0.1) is 11.2 Å². The molecule has 0 aliphatic carbocycles. The van der Waals surface area contributed by atoms with E-state index in [0.29, 0.717) is 22.2 Å². The number of aryl methyl sites for hydroxylation is 2. The molecule has 2 aromatic rings. The van der Waals surface area contributed by atoms with E-state index >= 15 is 0 Å². The Morgan fingerprint density at radius 3 is 2.75 bits per heavy atom. The third-order valence-corrected chi connectivity index (χ3v) is 2.33. The van der Waals surface area contributed by atoms with Gasteiger partial charge in [-0.05, 0) is 19.9 Å². The fourth-order valence-electron chi connectivity index (χ4n) is 1.76. The highest BCUT2D eigenvalue weighted by Gasteiger charge is 2.14. The molecule has 16 heavy (non-hydrogen) atoms. The number of nitrogens with zero attached hydrogens (tertiary/aromatic N) is 3. The molecule has 0 atom stereocenters. The molecule has 2 heterocycles. The fraction of sp³-hybridized carbons (Fsp3) is 0.400. The Balaban J connectivity index is 2.68. The van der Waals surface area contributed by atoms with Crippen molar-refractivity contribution in [3.05, 3.63) is 17.5 Å². The highest BCUT2D eigenvalue weighted by molar-refractivity contribution is 6.38. The van der Waals surface area contributed by atoms with E-state index in [4.69, 9.17) is 7.85 Å². The van der Waals surface area contributed by atoms with Gasteiger partial charge in [-0.25, -0.2) is 13.8 Å². The van der Waals surface area contributed by atoms with Gasteiger partial charge in [0, 0.05) is 5.69 Å². The van der Waals surface area contributed by atoms with Gasteiger partial charge in [-0.2, -0.15) is 5.10 Å². The smallest absolute Gasteiger partial charge is 0.257 e. The summed E-state index contributed by atoms with van der Waals surface area (Å²) in [7, 11) is 5.80. The Bertz CT molecular complexity index is 536. The zero-order chi connectivity index (χ0) is 11.9. The molecular weight excluding hydrogens is 211 g/mol. The number of fused-ring (bicyclic) bond motifs is 1. The molecule has 82 valence electrons. The summed E-state index contributed by atoms with van der Waals surface area (Å²) in [6.07, 6.45) is -2.46. The number of pyridine rings is 1. The van der Waals surface area contributed by atoms with Crippen molar-refractivity contribution in [3.8, 4) is 0 Å². The molecule has 2 radical (unpaired) electrons. The number of rotatable bonds is 2. The third kappa shape index (κ3) is 1.79. The fourth-order valence-corrected chi connectivity index (χ4v) is 1.76. The normalized spacial score (nSPS) is 11.6. The minimum absolute atomic E-state index is 0.434. The van der Waals surface area contributed by atoms with Gasteiger partial charge in [0.15, 0.2) is 0 Å². The van der Waals surface area contributed by atoms with Gasteiger partial charge < -0.3 is 0 Å². The van der Waals surface area contributed by atoms with Crippen LogP contribution in [0.25, 0.3) is 11.0 Å². The second-order valence-corrected chi connectivity index (χ2v) is 3.71. The number of alkyl halides is 2. The Hall–Kier alpha value is -1.46. The van der Waals surface area contributed by atoms with Crippen LogP contribution in [0.2, 0.25) is 0 Å². The van der Waals surface area contributed by atoms with E-state index in [1.807, 2.05) is 0 Å². The number of hydrogen-bond acceptors (Lipinski definition) is 2. The van der Waals surface area contributed by atoms with E-state index in [9.17, 15) is 8.78 Å². The van der Waals surface area contributed by atoms with Crippen molar-refractivity contribution in [1.29, 1.82) is 0 Å². The molecular formula is C10H10BF2N3. The Morgan fingerprint density at radius 1 is 1.44 bits per heavy atom. The first-order valence-corrected chi connectivity index (χ1v) is 4.87. The average molecular weight is 221 g/mol. The lowest BCUT2D eigenvalue weighted by Crippen LogP contribution is -2.15. The highest BCUT2D eigenvalue weighted by Crippen LogP contribution is 2.15. The molecule has 0 aliphatic rings. The SMILES string of the molecule is [B]c1cc(C)nc2c(C)nn(CC(F)F)c12. The minimum atomic E-state index is -2.46. The van der Waals surface area contributed by atoms with Gasteiger partial charge in [0.1, 0.15) is 19.9 Å². The second-order valence-electron chi connectivity index (χ2n) is 3.71. The molecule has 0 N–H and O–H groups in total. The van der Waals surface area contributed by atoms with Crippen LogP contribution in [0.5, 0.6) is 0 Å². The Morgan fingerprint density at radius 2 is 2.12 bits per heavy atom. The molecule has 0 spiro atoms. The summed E-state index contributed by atoms with van der Waals surface area (Å²) in [5.41, 5.74) is 2.89. The molecule has 0 unspecified atom stereocenters. The molecule has 0 amide bonds. The molecule has 2 rings (SSSR count). The van der Waals surface area contributed by atoms with E-state index < -0.39 is 13.0 Å². The van der Waals surface area contributed by atoms with Crippen molar-refractivity contribution in [2.75, 3.05) is 0 Å². The quantitative estimate of drug-likeness (QED) is 0.711. The van der Waals surface area contributed by atoms with Crippen molar-refractivity contribution in [3.63, 3.8) is 0 Å². The van der Waals surface area contributed by atoms with Crippen LogP contribution in [-0.4, -0.2) is 29.0 Å². The molecule has 0 saturated heterocycles. The van der Waals surface area contributed by atoms with E-state index in [-0.39, 0.29) is 0 Å². The molecule has 0 aliphatic heterocycles. The van der Waals surface area contributed by atoms with E-state index in [2.05, 4.69) is 10.1 Å². The number of halogens is 2. The number of aromatic nitrogens is 3. The first kappa shape index (κ1) is 11.0. The molecule has 0 fully saturated rings. The summed E-state index contributed by atoms with van der Waals surface area (Å²) < 4.78 is 25.9. The van der Waals surface area contributed by atoms with Crippen molar-refractivity contribution in [1.82, 2.24) is 14.8 Å². The molecule has 0 saturated carbocycles. The summed E-state index contributed by atoms with van der Waals surface area (Å²) >= 11 is 0. The van der Waals surface area contributed by atoms with Crippen molar-refractivity contribution in [2.24, 2.45) is 0 Å². The minimum Gasteiger partial charge on any atom is -0.258 e. The predicted octanol–water partition coefficient (Wildman–Crippen LogP) is 1.11. The summed E-state index contributed by atoms with van der Waals surface area (Å²) in [6, 6.07) is 1.66. The van der Waals surface area contributed by atoms with E-state index in [1.165, 1.54) is 4.68 Å². The summed E-state index contributed by atoms with van der Waals surface area (Å²) in [4.78, 5) is 4.26. The lowest BCUT2D eigenvalue weighted by molar-refractivity contribution is 0.123. The largest absolute Gasteiger partial charge is 0.258 e. The van der Waals surface area contributed by atoms with E-state index in [1.54, 1.807) is 19.9 Å². The zero-order valence-corrected chi connectivity index (χ0v) is 9.04. The van der Waals surface area contributed by atoms with Crippen LogP contribution < -0.4 is 5.46 Å². The van der Waals surface area contributed by atoms with Gasteiger partial charge in [0.25, 0.3) is 6.43 Å². The third-order valence-electron chi connectivity index (χ3n) is 2.33. The van der Waals surface area contributed by atoms with Crippen LogP contribution in [0, 0.1) is 13.8 Å². The summed E-state index contributed by atoms with van der Waals surface area (Å²) in [6.45, 7) is 3.08. The first-order valence-electron chi connectivity index (χ1n) is 4.87. The summed E-state index contributed by atoms with van der Waals surface area (Å²) in [5.74, 6) is 0. The zero-order valence-electron chi connectivity index (χ0n) is 9.04. The standard InChI is InChI=1S/C10H10BF2N3/c1-5-3-7(11)10-9(14-5)6(2)15-16(10)4-8(12)13/h3,8H,4H2,1-2H3. The maximum atomic E-state index is 12.3. The van der Waals surface area contributed by atoms with Crippen LogP contribution in [0.15, 0.2) is 6.07 Å². The van der Waals surface area contributed by atoms with Crippen LogP contribution in [0.4, 0.5) is 8.78 Å². The van der Waals surface area contributed by atoms with Crippen molar-refractivity contribution >= 4 is 24.3 Å². The lowest BCUT2D eigenvalue weighted by atomic mass is 9.94. The Kier molecular flexibility index (Phi) is 2.65. The van der Waals surface area contributed by atoms with Gasteiger partial charge in [-0.3, -0.25) is 4.68 Å². The lowest BCUT2D eigenvalue weighted by Gasteiger charge is -2.05. The highest BCUT2D eigenvalue weighted by atomic mass is 19.3. The van der Waals surface area contributed by atoms with Gasteiger partial charge >= 0.3 is 0 Å².